The topological polar surface area (TPSA) is 63.1 Å². The molecule has 0 saturated heterocycles. The fourth-order valence-corrected chi connectivity index (χ4v) is 3.84. The van der Waals surface area contributed by atoms with Crippen LogP contribution >= 0.6 is 0 Å². The molecular formula is C18H20N4O. The zero-order chi connectivity index (χ0) is 16.0. The number of nitrogens with one attached hydrogen (secondary N) is 1. The third-order valence-corrected chi connectivity index (χ3v) is 4.90. The lowest BCUT2D eigenvalue weighted by Gasteiger charge is -2.11. The second-order valence-corrected chi connectivity index (χ2v) is 6.41. The number of rotatable bonds is 2. The van der Waals surface area contributed by atoms with Crippen LogP contribution in [0.25, 0.3) is 16.8 Å². The predicted octanol–water partition coefficient (Wildman–Crippen LogP) is 3.36. The molecule has 1 fully saturated rings. The molecule has 4 rings (SSSR count). The average molecular weight is 308 g/mol. The van der Waals surface area contributed by atoms with Gasteiger partial charge in [-0.05, 0) is 38.7 Å². The normalized spacial score (nSPS) is 15.6. The van der Waals surface area contributed by atoms with Crippen molar-refractivity contribution in [3.05, 3.63) is 51.8 Å². The number of pyridine rings is 1. The molecular weight excluding hydrogens is 288 g/mol. The predicted molar refractivity (Wildman–Crippen MR) is 89.7 cm³/mol. The molecule has 0 bridgehead atoms. The second-order valence-electron chi connectivity index (χ2n) is 6.41. The molecule has 5 nitrogen and oxygen atoms in total. The molecule has 0 aromatic carbocycles. The van der Waals surface area contributed by atoms with Crippen molar-refractivity contribution in [2.75, 3.05) is 0 Å². The van der Waals surface area contributed by atoms with Gasteiger partial charge in [0.05, 0.1) is 0 Å². The molecule has 23 heavy (non-hydrogen) atoms. The molecule has 118 valence electrons. The van der Waals surface area contributed by atoms with Gasteiger partial charge >= 0.3 is 0 Å². The highest BCUT2D eigenvalue weighted by Gasteiger charge is 2.25. The second kappa shape index (κ2) is 5.33. The Morgan fingerprint density at radius 2 is 2.04 bits per heavy atom. The van der Waals surface area contributed by atoms with Crippen molar-refractivity contribution in [1.82, 2.24) is 19.6 Å². The minimum atomic E-state index is 0.0534. The lowest BCUT2D eigenvalue weighted by molar-refractivity contribution is 0.686. The Morgan fingerprint density at radius 1 is 1.26 bits per heavy atom. The standard InChI is InChI=1S/C18H20N4O/c1-11-16(13-6-3-4-7-13)18(23)22-17(20-11)15(12(2)21-22)14-8-5-9-19-10-14/h5,8-10,13,21H,3-4,6-7H2,1-2H3. The summed E-state index contributed by atoms with van der Waals surface area (Å²) in [6.07, 6.45) is 8.16. The summed E-state index contributed by atoms with van der Waals surface area (Å²) < 4.78 is 1.61. The van der Waals surface area contributed by atoms with Gasteiger partial charge in [-0.2, -0.15) is 0 Å². The summed E-state index contributed by atoms with van der Waals surface area (Å²) in [4.78, 5) is 22.0. The van der Waals surface area contributed by atoms with Crippen molar-refractivity contribution in [1.29, 1.82) is 0 Å². The third kappa shape index (κ3) is 2.19. The number of fused-ring (bicyclic) bond motifs is 1. The molecule has 1 saturated carbocycles. The molecule has 5 heteroatoms. The SMILES string of the molecule is Cc1nc2c(-c3cccnc3)c(C)[nH]n2c(=O)c1C1CCCC1. The highest BCUT2D eigenvalue weighted by molar-refractivity contribution is 5.79. The van der Waals surface area contributed by atoms with Crippen LogP contribution in [0.2, 0.25) is 0 Å². The highest BCUT2D eigenvalue weighted by atomic mass is 16.1. The van der Waals surface area contributed by atoms with Gasteiger partial charge in [-0.1, -0.05) is 18.9 Å². The van der Waals surface area contributed by atoms with E-state index in [4.69, 9.17) is 4.98 Å². The summed E-state index contributed by atoms with van der Waals surface area (Å²) in [6, 6.07) is 3.89. The maximum Gasteiger partial charge on any atom is 0.276 e. The molecule has 3 heterocycles. The zero-order valence-electron chi connectivity index (χ0n) is 13.5. The van der Waals surface area contributed by atoms with E-state index in [9.17, 15) is 4.79 Å². The average Bonchev–Trinajstić information content (AvgIpc) is 3.16. The molecule has 3 aromatic heterocycles. The van der Waals surface area contributed by atoms with E-state index in [1.54, 1.807) is 10.7 Å². The van der Waals surface area contributed by atoms with E-state index in [0.29, 0.717) is 11.6 Å². The van der Waals surface area contributed by atoms with E-state index < -0.39 is 0 Å². The summed E-state index contributed by atoms with van der Waals surface area (Å²) in [5.41, 5.74) is 5.37. The lowest BCUT2D eigenvalue weighted by Crippen LogP contribution is -2.23. The minimum Gasteiger partial charge on any atom is -0.293 e. The summed E-state index contributed by atoms with van der Waals surface area (Å²) in [5.74, 6) is 0.359. The fraction of sp³-hybridized carbons (Fsp3) is 0.389. The van der Waals surface area contributed by atoms with Crippen LogP contribution in [-0.4, -0.2) is 19.6 Å². The van der Waals surface area contributed by atoms with Gasteiger partial charge < -0.3 is 0 Å². The van der Waals surface area contributed by atoms with Gasteiger partial charge in [0.1, 0.15) is 0 Å². The van der Waals surface area contributed by atoms with E-state index in [-0.39, 0.29) is 5.56 Å². The van der Waals surface area contributed by atoms with Crippen LogP contribution in [0.5, 0.6) is 0 Å². The maximum absolute atomic E-state index is 13.0. The summed E-state index contributed by atoms with van der Waals surface area (Å²) >= 11 is 0. The van der Waals surface area contributed by atoms with Gasteiger partial charge in [-0.25, -0.2) is 9.50 Å². The number of hydrogen-bond donors (Lipinski definition) is 1. The Balaban J connectivity index is 1.99. The number of aryl methyl sites for hydroxylation is 2. The van der Waals surface area contributed by atoms with Crippen LogP contribution in [0, 0.1) is 13.8 Å². The number of aromatic nitrogens is 4. The summed E-state index contributed by atoms with van der Waals surface area (Å²) in [6.45, 7) is 3.94. The van der Waals surface area contributed by atoms with Gasteiger partial charge in [0.15, 0.2) is 5.65 Å². The van der Waals surface area contributed by atoms with Crippen LogP contribution in [-0.2, 0) is 0 Å². The first-order valence-electron chi connectivity index (χ1n) is 8.19. The molecule has 1 aliphatic carbocycles. The number of nitrogens with zero attached hydrogens (tertiary/aromatic N) is 3. The van der Waals surface area contributed by atoms with Gasteiger partial charge in [-0.3, -0.25) is 14.9 Å². The molecule has 0 amide bonds. The molecule has 1 N–H and O–H groups in total. The van der Waals surface area contributed by atoms with Crippen LogP contribution < -0.4 is 5.56 Å². The number of hydrogen-bond acceptors (Lipinski definition) is 3. The van der Waals surface area contributed by atoms with Gasteiger partial charge in [-0.15, -0.1) is 0 Å². The Hall–Kier alpha value is -2.43. The Labute approximate surface area is 134 Å². The van der Waals surface area contributed by atoms with Crippen molar-refractivity contribution in [3.8, 4) is 11.1 Å². The van der Waals surface area contributed by atoms with Crippen molar-refractivity contribution >= 4 is 5.65 Å². The van der Waals surface area contributed by atoms with Gasteiger partial charge in [0.2, 0.25) is 0 Å². The minimum absolute atomic E-state index is 0.0534. The monoisotopic (exact) mass is 308 g/mol. The van der Waals surface area contributed by atoms with E-state index in [1.165, 1.54) is 12.8 Å². The van der Waals surface area contributed by atoms with E-state index in [0.717, 1.165) is 40.9 Å². The first-order valence-corrected chi connectivity index (χ1v) is 8.19. The first kappa shape index (κ1) is 14.2. The number of H-pyrrole nitrogens is 1. The highest BCUT2D eigenvalue weighted by Crippen LogP contribution is 2.34. The van der Waals surface area contributed by atoms with Crippen molar-refractivity contribution in [3.63, 3.8) is 0 Å². The molecule has 0 aliphatic heterocycles. The molecule has 0 radical (unpaired) electrons. The van der Waals surface area contributed by atoms with Crippen LogP contribution in [0.15, 0.2) is 29.3 Å². The molecule has 0 spiro atoms. The lowest BCUT2D eigenvalue weighted by atomic mass is 9.97. The van der Waals surface area contributed by atoms with Crippen molar-refractivity contribution < 1.29 is 0 Å². The van der Waals surface area contributed by atoms with Crippen LogP contribution in [0.4, 0.5) is 0 Å². The largest absolute Gasteiger partial charge is 0.293 e. The van der Waals surface area contributed by atoms with E-state index in [1.807, 2.05) is 32.2 Å². The van der Waals surface area contributed by atoms with Crippen molar-refractivity contribution in [2.24, 2.45) is 0 Å². The molecule has 1 aliphatic rings. The van der Waals surface area contributed by atoms with E-state index >= 15 is 0 Å². The first-order chi connectivity index (χ1) is 11.2. The summed E-state index contributed by atoms with van der Waals surface area (Å²) in [5, 5.41) is 3.20. The Bertz CT molecular complexity index is 918. The zero-order valence-corrected chi connectivity index (χ0v) is 13.5. The fourth-order valence-electron chi connectivity index (χ4n) is 3.84. The maximum atomic E-state index is 13.0. The van der Waals surface area contributed by atoms with Crippen LogP contribution in [0.1, 0.15) is 48.6 Å². The van der Waals surface area contributed by atoms with Gasteiger partial charge in [0.25, 0.3) is 5.56 Å². The van der Waals surface area contributed by atoms with Gasteiger partial charge in [0, 0.05) is 40.5 Å². The van der Waals surface area contributed by atoms with E-state index in [2.05, 4.69) is 10.1 Å². The third-order valence-electron chi connectivity index (χ3n) is 4.90. The smallest absolute Gasteiger partial charge is 0.276 e. The summed E-state index contributed by atoms with van der Waals surface area (Å²) in [7, 11) is 0. The van der Waals surface area contributed by atoms with Crippen LogP contribution in [0.3, 0.4) is 0 Å². The Kier molecular flexibility index (Phi) is 3.29. The molecule has 0 unspecified atom stereocenters. The van der Waals surface area contributed by atoms with Crippen molar-refractivity contribution in [2.45, 2.75) is 45.4 Å². The molecule has 3 aromatic rings. The Morgan fingerprint density at radius 3 is 2.74 bits per heavy atom. The molecule has 0 atom stereocenters. The quantitative estimate of drug-likeness (QED) is 0.789. The number of aromatic amines is 1.